The Bertz CT molecular complexity index is 349. The molecule has 1 rings (SSSR count). The highest BCUT2D eigenvalue weighted by atomic mass is 19.1. The van der Waals surface area contributed by atoms with Crippen LogP contribution in [0.2, 0.25) is 0 Å². The lowest BCUT2D eigenvalue weighted by Crippen LogP contribution is -2.17. The Hall–Kier alpha value is -1.35. The lowest BCUT2D eigenvalue weighted by molar-refractivity contribution is 0.386. The quantitative estimate of drug-likeness (QED) is 0.822. The topological polar surface area (TPSA) is 21.3 Å². The van der Waals surface area contributed by atoms with Gasteiger partial charge in [-0.15, -0.1) is 0 Å². The highest BCUT2D eigenvalue weighted by Crippen LogP contribution is 2.18. The van der Waals surface area contributed by atoms with Gasteiger partial charge in [0.15, 0.2) is 11.6 Å². The number of methoxy groups -OCH3 is 1. The molecular weight excluding hydrogens is 193 g/mol. The molecule has 1 atom stereocenters. The van der Waals surface area contributed by atoms with E-state index < -0.39 is 0 Å². The number of halogens is 1. The standard InChI is InChI=1S/C12H16FNO/c1-9(14-2)4-5-10-6-7-12(15-3)11(13)8-10/h4-9,14H,1-3H3/b5-4+. The lowest BCUT2D eigenvalue weighted by atomic mass is 10.1. The molecule has 0 aromatic heterocycles. The first-order chi connectivity index (χ1) is 7.17. The van der Waals surface area contributed by atoms with Gasteiger partial charge in [0.1, 0.15) is 0 Å². The maximum Gasteiger partial charge on any atom is 0.165 e. The van der Waals surface area contributed by atoms with Crippen molar-refractivity contribution in [3.63, 3.8) is 0 Å². The molecule has 1 aromatic rings. The van der Waals surface area contributed by atoms with Gasteiger partial charge in [-0.05, 0) is 31.7 Å². The highest BCUT2D eigenvalue weighted by Gasteiger charge is 2.01. The first kappa shape index (κ1) is 11.7. The molecule has 0 aliphatic carbocycles. The second kappa shape index (κ2) is 5.51. The number of hydrogen-bond donors (Lipinski definition) is 1. The van der Waals surface area contributed by atoms with Crippen molar-refractivity contribution in [3.05, 3.63) is 35.7 Å². The average Bonchev–Trinajstić information content (AvgIpc) is 2.26. The number of nitrogens with one attached hydrogen (secondary N) is 1. The van der Waals surface area contributed by atoms with E-state index in [2.05, 4.69) is 5.32 Å². The highest BCUT2D eigenvalue weighted by molar-refractivity contribution is 5.51. The van der Waals surface area contributed by atoms with E-state index in [1.165, 1.54) is 13.2 Å². The number of hydrogen-bond acceptors (Lipinski definition) is 2. The third-order valence-corrected chi connectivity index (χ3v) is 2.21. The van der Waals surface area contributed by atoms with Gasteiger partial charge in [0, 0.05) is 6.04 Å². The summed E-state index contributed by atoms with van der Waals surface area (Å²) in [5, 5.41) is 3.07. The third kappa shape index (κ3) is 3.36. The van der Waals surface area contributed by atoms with E-state index in [4.69, 9.17) is 4.74 Å². The average molecular weight is 209 g/mol. The first-order valence-corrected chi connectivity index (χ1v) is 4.86. The van der Waals surface area contributed by atoms with Crippen LogP contribution in [0, 0.1) is 5.82 Å². The Morgan fingerprint density at radius 3 is 2.73 bits per heavy atom. The van der Waals surface area contributed by atoms with E-state index in [9.17, 15) is 4.39 Å². The Kier molecular flexibility index (Phi) is 4.31. The molecule has 0 saturated carbocycles. The Morgan fingerprint density at radius 2 is 2.20 bits per heavy atom. The van der Waals surface area contributed by atoms with Crippen LogP contribution in [0.25, 0.3) is 6.08 Å². The molecule has 0 radical (unpaired) electrons. The van der Waals surface area contributed by atoms with Crippen LogP contribution in [0.4, 0.5) is 4.39 Å². The van der Waals surface area contributed by atoms with Crippen molar-refractivity contribution in [1.82, 2.24) is 5.32 Å². The fourth-order valence-corrected chi connectivity index (χ4v) is 1.14. The number of rotatable bonds is 4. The van der Waals surface area contributed by atoms with Crippen LogP contribution in [-0.2, 0) is 0 Å². The summed E-state index contributed by atoms with van der Waals surface area (Å²) in [6, 6.07) is 5.17. The summed E-state index contributed by atoms with van der Waals surface area (Å²) < 4.78 is 18.1. The third-order valence-electron chi connectivity index (χ3n) is 2.21. The van der Waals surface area contributed by atoms with Crippen LogP contribution in [0.15, 0.2) is 24.3 Å². The smallest absolute Gasteiger partial charge is 0.165 e. The molecule has 1 aromatic carbocycles. The van der Waals surface area contributed by atoms with Crippen LogP contribution in [0.1, 0.15) is 12.5 Å². The lowest BCUT2D eigenvalue weighted by Gasteiger charge is -2.04. The number of likely N-dealkylation sites (N-methyl/N-ethyl adjacent to an activating group) is 1. The maximum atomic E-state index is 13.3. The fraction of sp³-hybridized carbons (Fsp3) is 0.333. The summed E-state index contributed by atoms with van der Waals surface area (Å²) >= 11 is 0. The summed E-state index contributed by atoms with van der Waals surface area (Å²) in [5.74, 6) is -0.0643. The van der Waals surface area contributed by atoms with Gasteiger partial charge in [-0.3, -0.25) is 0 Å². The molecular formula is C12H16FNO. The predicted octanol–water partition coefficient (Wildman–Crippen LogP) is 2.46. The molecule has 15 heavy (non-hydrogen) atoms. The molecule has 0 bridgehead atoms. The normalized spacial score (nSPS) is 13.1. The molecule has 0 aliphatic heterocycles. The minimum absolute atomic E-state index is 0.272. The van der Waals surface area contributed by atoms with Crippen LogP contribution in [-0.4, -0.2) is 20.2 Å². The van der Waals surface area contributed by atoms with Gasteiger partial charge < -0.3 is 10.1 Å². The van der Waals surface area contributed by atoms with Crippen LogP contribution < -0.4 is 10.1 Å². The molecule has 3 heteroatoms. The van der Waals surface area contributed by atoms with Crippen LogP contribution >= 0.6 is 0 Å². The molecule has 0 saturated heterocycles. The van der Waals surface area contributed by atoms with Crippen molar-refractivity contribution >= 4 is 6.08 Å². The molecule has 82 valence electrons. The van der Waals surface area contributed by atoms with Gasteiger partial charge in [-0.2, -0.15) is 0 Å². The van der Waals surface area contributed by atoms with Gasteiger partial charge in [0.05, 0.1) is 7.11 Å². The van der Waals surface area contributed by atoms with E-state index in [1.54, 1.807) is 6.07 Å². The SMILES string of the molecule is CNC(C)/C=C/c1ccc(OC)c(F)c1. The monoisotopic (exact) mass is 209 g/mol. The van der Waals surface area contributed by atoms with Crippen molar-refractivity contribution in [2.24, 2.45) is 0 Å². The fourth-order valence-electron chi connectivity index (χ4n) is 1.14. The summed E-state index contributed by atoms with van der Waals surface area (Å²) in [6.07, 6.45) is 3.85. The predicted molar refractivity (Wildman–Crippen MR) is 60.5 cm³/mol. The van der Waals surface area contributed by atoms with E-state index in [0.29, 0.717) is 0 Å². The van der Waals surface area contributed by atoms with Crippen molar-refractivity contribution in [2.45, 2.75) is 13.0 Å². The minimum Gasteiger partial charge on any atom is -0.494 e. The van der Waals surface area contributed by atoms with Crippen molar-refractivity contribution in [2.75, 3.05) is 14.2 Å². The van der Waals surface area contributed by atoms with Crippen molar-refractivity contribution in [3.8, 4) is 5.75 Å². The van der Waals surface area contributed by atoms with Crippen LogP contribution in [0.5, 0.6) is 5.75 Å². The zero-order valence-corrected chi connectivity index (χ0v) is 9.25. The molecule has 1 N–H and O–H groups in total. The van der Waals surface area contributed by atoms with Gasteiger partial charge in [-0.1, -0.05) is 18.2 Å². The van der Waals surface area contributed by atoms with Crippen LogP contribution in [0.3, 0.4) is 0 Å². The summed E-state index contributed by atoms with van der Waals surface area (Å²) in [6.45, 7) is 2.02. The summed E-state index contributed by atoms with van der Waals surface area (Å²) in [4.78, 5) is 0. The Morgan fingerprint density at radius 1 is 1.47 bits per heavy atom. The van der Waals surface area contributed by atoms with E-state index in [-0.39, 0.29) is 17.6 Å². The molecule has 1 unspecified atom stereocenters. The first-order valence-electron chi connectivity index (χ1n) is 4.86. The Labute approximate surface area is 89.8 Å². The maximum absolute atomic E-state index is 13.3. The summed E-state index contributed by atoms with van der Waals surface area (Å²) in [7, 11) is 3.33. The largest absolute Gasteiger partial charge is 0.494 e. The Balaban J connectivity index is 2.79. The second-order valence-corrected chi connectivity index (χ2v) is 3.33. The zero-order chi connectivity index (χ0) is 11.3. The minimum atomic E-state index is -0.336. The molecule has 0 amide bonds. The summed E-state index contributed by atoms with van der Waals surface area (Å²) in [5.41, 5.74) is 0.829. The van der Waals surface area contributed by atoms with E-state index >= 15 is 0 Å². The number of benzene rings is 1. The van der Waals surface area contributed by atoms with Crippen molar-refractivity contribution < 1.29 is 9.13 Å². The van der Waals surface area contributed by atoms with Crippen molar-refractivity contribution in [1.29, 1.82) is 0 Å². The van der Waals surface area contributed by atoms with E-state index in [0.717, 1.165) is 5.56 Å². The zero-order valence-electron chi connectivity index (χ0n) is 9.25. The molecule has 0 heterocycles. The second-order valence-electron chi connectivity index (χ2n) is 3.33. The number of ether oxygens (including phenoxy) is 1. The van der Waals surface area contributed by atoms with E-state index in [1.807, 2.05) is 32.2 Å². The molecule has 2 nitrogen and oxygen atoms in total. The molecule has 0 aliphatic rings. The van der Waals surface area contributed by atoms with Gasteiger partial charge in [0.2, 0.25) is 0 Å². The van der Waals surface area contributed by atoms with Gasteiger partial charge in [0.25, 0.3) is 0 Å². The van der Waals surface area contributed by atoms with Gasteiger partial charge >= 0.3 is 0 Å². The van der Waals surface area contributed by atoms with Gasteiger partial charge in [-0.25, -0.2) is 4.39 Å². The molecule has 0 spiro atoms. The molecule has 0 fully saturated rings.